The highest BCUT2D eigenvalue weighted by Gasteiger charge is 2.46. The van der Waals surface area contributed by atoms with Crippen LogP contribution in [0.5, 0.6) is 0 Å². The van der Waals surface area contributed by atoms with E-state index in [1.165, 1.54) is 0 Å². The predicted molar refractivity (Wildman–Crippen MR) is 81.5 cm³/mol. The fourth-order valence-electron chi connectivity index (χ4n) is 1.88. The summed E-state index contributed by atoms with van der Waals surface area (Å²) in [6.07, 6.45) is 0. The Labute approximate surface area is 132 Å². The standard InChI is InChI=1S/C17H16F2N2O2/c18-17(19,15(22)20-11-13-7-3-1-4-8-13)16(23)21-12-14-9-5-2-6-10-14/h1-10H,11-12H2,(H,20,22)(H,21,23). The Morgan fingerprint density at radius 1 is 0.739 bits per heavy atom. The first kappa shape index (κ1) is 16.6. The van der Waals surface area contributed by atoms with Crippen molar-refractivity contribution in [2.45, 2.75) is 19.0 Å². The first-order chi connectivity index (χ1) is 11.0. The topological polar surface area (TPSA) is 58.2 Å². The number of hydrogen-bond acceptors (Lipinski definition) is 2. The van der Waals surface area contributed by atoms with E-state index in [0.29, 0.717) is 11.1 Å². The van der Waals surface area contributed by atoms with Gasteiger partial charge in [-0.1, -0.05) is 60.7 Å². The molecule has 0 spiro atoms. The van der Waals surface area contributed by atoms with Crippen LogP contribution in [0.25, 0.3) is 0 Å². The molecule has 2 aromatic rings. The van der Waals surface area contributed by atoms with E-state index in [2.05, 4.69) is 10.6 Å². The van der Waals surface area contributed by atoms with Crippen LogP contribution >= 0.6 is 0 Å². The molecule has 0 aromatic heterocycles. The summed E-state index contributed by atoms with van der Waals surface area (Å²) in [4.78, 5) is 23.1. The molecule has 6 heteroatoms. The Hall–Kier alpha value is -2.76. The summed E-state index contributed by atoms with van der Waals surface area (Å²) in [5.74, 6) is -7.36. The van der Waals surface area contributed by atoms with E-state index < -0.39 is 17.7 Å². The number of carbonyl (C=O) groups excluding carboxylic acids is 2. The van der Waals surface area contributed by atoms with Gasteiger partial charge in [0.25, 0.3) is 0 Å². The van der Waals surface area contributed by atoms with Crippen LogP contribution in [0.2, 0.25) is 0 Å². The summed E-state index contributed by atoms with van der Waals surface area (Å²) in [5, 5.41) is 4.14. The van der Waals surface area contributed by atoms with Crippen molar-refractivity contribution in [3.05, 3.63) is 71.8 Å². The molecule has 0 radical (unpaired) electrons. The fourth-order valence-corrected chi connectivity index (χ4v) is 1.88. The molecule has 23 heavy (non-hydrogen) atoms. The minimum atomic E-state index is -4.12. The molecule has 0 saturated carbocycles. The van der Waals surface area contributed by atoms with Crippen LogP contribution in [0.4, 0.5) is 8.78 Å². The molecule has 2 rings (SSSR count). The van der Waals surface area contributed by atoms with E-state index in [-0.39, 0.29) is 13.1 Å². The van der Waals surface area contributed by atoms with Gasteiger partial charge in [0, 0.05) is 13.1 Å². The third-order valence-electron chi connectivity index (χ3n) is 3.16. The molecular weight excluding hydrogens is 302 g/mol. The Balaban J connectivity index is 1.88. The lowest BCUT2D eigenvalue weighted by Crippen LogP contribution is -2.50. The van der Waals surface area contributed by atoms with Crippen LogP contribution in [0.1, 0.15) is 11.1 Å². The summed E-state index contributed by atoms with van der Waals surface area (Å²) < 4.78 is 27.6. The third kappa shape index (κ3) is 4.60. The minimum absolute atomic E-state index is 0.0682. The highest BCUT2D eigenvalue weighted by Crippen LogP contribution is 2.14. The minimum Gasteiger partial charge on any atom is -0.346 e. The number of amides is 2. The Kier molecular flexibility index (Phi) is 5.41. The Morgan fingerprint density at radius 2 is 1.09 bits per heavy atom. The molecular formula is C17H16F2N2O2. The van der Waals surface area contributed by atoms with Crippen LogP contribution in [-0.4, -0.2) is 17.7 Å². The van der Waals surface area contributed by atoms with E-state index in [1.807, 2.05) is 0 Å². The number of alkyl halides is 2. The summed E-state index contributed by atoms with van der Waals surface area (Å²) in [6, 6.07) is 17.2. The number of halogens is 2. The van der Waals surface area contributed by atoms with Gasteiger partial charge in [-0.2, -0.15) is 8.78 Å². The largest absolute Gasteiger partial charge is 0.400 e. The smallest absolute Gasteiger partial charge is 0.346 e. The molecule has 0 saturated heterocycles. The van der Waals surface area contributed by atoms with Crippen molar-refractivity contribution >= 4 is 11.8 Å². The van der Waals surface area contributed by atoms with Gasteiger partial charge in [0.05, 0.1) is 0 Å². The molecule has 2 N–H and O–H groups in total. The molecule has 0 heterocycles. The van der Waals surface area contributed by atoms with Gasteiger partial charge in [-0.15, -0.1) is 0 Å². The van der Waals surface area contributed by atoms with Gasteiger partial charge in [-0.25, -0.2) is 0 Å². The van der Waals surface area contributed by atoms with Crippen molar-refractivity contribution in [2.24, 2.45) is 0 Å². The molecule has 2 aromatic carbocycles. The molecule has 0 fully saturated rings. The Bertz CT molecular complexity index is 603. The van der Waals surface area contributed by atoms with Crippen molar-refractivity contribution in [1.29, 1.82) is 0 Å². The van der Waals surface area contributed by atoms with E-state index in [1.54, 1.807) is 60.7 Å². The zero-order valence-corrected chi connectivity index (χ0v) is 12.3. The second kappa shape index (κ2) is 7.49. The number of benzene rings is 2. The van der Waals surface area contributed by atoms with Gasteiger partial charge >= 0.3 is 17.7 Å². The van der Waals surface area contributed by atoms with Gasteiger partial charge in [0.2, 0.25) is 0 Å². The second-order valence-corrected chi connectivity index (χ2v) is 4.91. The van der Waals surface area contributed by atoms with Gasteiger partial charge in [0.1, 0.15) is 0 Å². The van der Waals surface area contributed by atoms with Crippen molar-refractivity contribution in [3.63, 3.8) is 0 Å². The fraction of sp³-hybridized carbons (Fsp3) is 0.176. The first-order valence-electron chi connectivity index (χ1n) is 7.02. The average Bonchev–Trinajstić information content (AvgIpc) is 2.59. The van der Waals surface area contributed by atoms with Crippen LogP contribution in [0.15, 0.2) is 60.7 Å². The molecule has 2 amide bonds. The van der Waals surface area contributed by atoms with E-state index >= 15 is 0 Å². The van der Waals surface area contributed by atoms with Gasteiger partial charge < -0.3 is 10.6 Å². The van der Waals surface area contributed by atoms with Crippen molar-refractivity contribution in [2.75, 3.05) is 0 Å². The van der Waals surface area contributed by atoms with Gasteiger partial charge in [0.15, 0.2) is 0 Å². The Morgan fingerprint density at radius 3 is 1.43 bits per heavy atom. The van der Waals surface area contributed by atoms with Gasteiger partial charge in [-0.3, -0.25) is 9.59 Å². The highest BCUT2D eigenvalue weighted by molar-refractivity contribution is 6.06. The lowest BCUT2D eigenvalue weighted by Gasteiger charge is -2.16. The maximum Gasteiger partial charge on any atom is 0.400 e. The maximum absolute atomic E-state index is 13.8. The summed E-state index contributed by atoms with van der Waals surface area (Å²) in [5.41, 5.74) is 1.34. The van der Waals surface area contributed by atoms with Crippen molar-refractivity contribution < 1.29 is 18.4 Å². The molecule has 0 unspecified atom stereocenters. The van der Waals surface area contributed by atoms with Crippen LogP contribution in [0.3, 0.4) is 0 Å². The van der Waals surface area contributed by atoms with Crippen molar-refractivity contribution in [3.8, 4) is 0 Å². The molecule has 0 bridgehead atoms. The normalized spacial score (nSPS) is 10.9. The van der Waals surface area contributed by atoms with Crippen molar-refractivity contribution in [1.82, 2.24) is 10.6 Å². The molecule has 0 atom stereocenters. The summed E-state index contributed by atoms with van der Waals surface area (Å²) in [6.45, 7) is -0.136. The van der Waals surface area contributed by atoms with Gasteiger partial charge in [-0.05, 0) is 11.1 Å². The second-order valence-electron chi connectivity index (χ2n) is 4.91. The lowest BCUT2D eigenvalue weighted by atomic mass is 10.2. The number of carbonyl (C=O) groups is 2. The number of hydrogen-bond donors (Lipinski definition) is 2. The molecule has 0 aliphatic heterocycles. The van der Waals surface area contributed by atoms with E-state index in [0.717, 1.165) is 0 Å². The number of rotatable bonds is 6. The summed E-state index contributed by atoms with van der Waals surface area (Å²) >= 11 is 0. The van der Waals surface area contributed by atoms with Crippen LogP contribution < -0.4 is 10.6 Å². The molecule has 120 valence electrons. The zero-order valence-electron chi connectivity index (χ0n) is 12.3. The molecule has 4 nitrogen and oxygen atoms in total. The third-order valence-corrected chi connectivity index (χ3v) is 3.16. The average molecular weight is 318 g/mol. The molecule has 0 aliphatic carbocycles. The molecule has 0 aliphatic rings. The lowest BCUT2D eigenvalue weighted by molar-refractivity contribution is -0.160. The van der Waals surface area contributed by atoms with E-state index in [9.17, 15) is 18.4 Å². The SMILES string of the molecule is O=C(NCc1ccccc1)C(F)(F)C(=O)NCc1ccccc1. The van der Waals surface area contributed by atoms with Crippen LogP contribution in [0, 0.1) is 0 Å². The van der Waals surface area contributed by atoms with E-state index in [4.69, 9.17) is 0 Å². The number of nitrogens with one attached hydrogen (secondary N) is 2. The quantitative estimate of drug-likeness (QED) is 0.803. The highest BCUT2D eigenvalue weighted by atomic mass is 19.3. The monoisotopic (exact) mass is 318 g/mol. The summed E-state index contributed by atoms with van der Waals surface area (Å²) in [7, 11) is 0. The predicted octanol–water partition coefficient (Wildman–Crippen LogP) is 2.25. The first-order valence-corrected chi connectivity index (χ1v) is 7.02. The zero-order chi connectivity index (χ0) is 16.7. The maximum atomic E-state index is 13.8. The van der Waals surface area contributed by atoms with Crippen LogP contribution in [-0.2, 0) is 22.7 Å².